The van der Waals surface area contributed by atoms with Crippen LogP contribution in [-0.2, 0) is 6.42 Å². The summed E-state index contributed by atoms with van der Waals surface area (Å²) in [5, 5.41) is 15.2. The van der Waals surface area contributed by atoms with Gasteiger partial charge in [-0.25, -0.2) is 0 Å². The van der Waals surface area contributed by atoms with E-state index >= 15 is 0 Å². The van der Waals surface area contributed by atoms with Crippen LogP contribution in [0, 0.1) is 6.92 Å². The smallest absolute Gasteiger partial charge is 0.251 e. The minimum absolute atomic E-state index is 0.0540. The second kappa shape index (κ2) is 7.49. The molecular weight excluding hydrogens is 300 g/mol. The van der Waals surface area contributed by atoms with Gasteiger partial charge in [-0.1, -0.05) is 30.3 Å². The Morgan fingerprint density at radius 2 is 2.04 bits per heavy atom. The van der Waals surface area contributed by atoms with Crippen molar-refractivity contribution >= 4 is 11.6 Å². The van der Waals surface area contributed by atoms with Gasteiger partial charge in [0.15, 0.2) is 0 Å². The minimum Gasteiger partial charge on any atom is -0.395 e. The molecule has 1 amide bonds. The van der Waals surface area contributed by atoms with Gasteiger partial charge in [-0.05, 0) is 55.0 Å². The van der Waals surface area contributed by atoms with Gasteiger partial charge >= 0.3 is 0 Å². The predicted octanol–water partition coefficient (Wildman–Crippen LogP) is 3.21. The third kappa shape index (κ3) is 3.44. The average molecular weight is 324 g/mol. The molecule has 126 valence electrons. The molecule has 0 bridgehead atoms. The first-order chi connectivity index (χ1) is 11.7. The van der Waals surface area contributed by atoms with Crippen molar-refractivity contribution in [3.05, 3.63) is 64.7 Å². The number of hydrogen-bond donors (Lipinski definition) is 3. The molecule has 0 saturated carbocycles. The number of aliphatic hydroxyl groups excluding tert-OH is 1. The van der Waals surface area contributed by atoms with Crippen LogP contribution < -0.4 is 10.6 Å². The number of aliphatic hydroxyl groups is 1. The number of benzene rings is 2. The van der Waals surface area contributed by atoms with Crippen molar-refractivity contribution in [1.29, 1.82) is 0 Å². The Hall–Kier alpha value is -2.33. The monoisotopic (exact) mass is 324 g/mol. The zero-order valence-corrected chi connectivity index (χ0v) is 14.0. The molecule has 2 aromatic carbocycles. The molecule has 0 aromatic heterocycles. The lowest BCUT2D eigenvalue weighted by atomic mass is 9.87. The Morgan fingerprint density at radius 3 is 2.88 bits per heavy atom. The minimum atomic E-state index is -0.144. The van der Waals surface area contributed by atoms with Gasteiger partial charge in [0.1, 0.15) is 0 Å². The van der Waals surface area contributed by atoms with Gasteiger partial charge in [-0.15, -0.1) is 0 Å². The standard InChI is InChI=1S/C20H24N2O2/c1-14-16(20(24)21-12-13-23)9-5-10-18(14)22-19-11-4-7-15-6-2-3-8-17(15)19/h2-3,5-6,8-10,19,22-23H,4,7,11-13H2,1H3,(H,21,24). The Balaban J connectivity index is 1.83. The lowest BCUT2D eigenvalue weighted by Gasteiger charge is -2.28. The number of hydrogen-bond acceptors (Lipinski definition) is 3. The van der Waals surface area contributed by atoms with E-state index in [0.29, 0.717) is 5.56 Å². The molecule has 3 rings (SSSR count). The van der Waals surface area contributed by atoms with Crippen LogP contribution in [0.5, 0.6) is 0 Å². The molecule has 1 aliphatic rings. The molecule has 0 radical (unpaired) electrons. The van der Waals surface area contributed by atoms with Crippen molar-refractivity contribution in [2.45, 2.75) is 32.2 Å². The number of amides is 1. The highest BCUT2D eigenvalue weighted by Crippen LogP contribution is 2.33. The maximum atomic E-state index is 12.2. The summed E-state index contributed by atoms with van der Waals surface area (Å²) in [4.78, 5) is 12.2. The number of carbonyl (C=O) groups is 1. The van der Waals surface area contributed by atoms with E-state index in [1.54, 1.807) is 0 Å². The second-order valence-corrected chi connectivity index (χ2v) is 6.25. The zero-order chi connectivity index (χ0) is 16.9. The first kappa shape index (κ1) is 16.5. The van der Waals surface area contributed by atoms with Crippen LogP contribution in [0.25, 0.3) is 0 Å². The molecule has 0 fully saturated rings. The van der Waals surface area contributed by atoms with Crippen LogP contribution in [0.3, 0.4) is 0 Å². The van der Waals surface area contributed by atoms with E-state index in [1.807, 2.05) is 25.1 Å². The predicted molar refractivity (Wildman–Crippen MR) is 96.3 cm³/mol. The molecule has 4 nitrogen and oxygen atoms in total. The average Bonchev–Trinajstić information content (AvgIpc) is 2.61. The van der Waals surface area contributed by atoms with E-state index in [2.05, 4.69) is 34.9 Å². The summed E-state index contributed by atoms with van der Waals surface area (Å²) in [6.07, 6.45) is 3.40. The van der Waals surface area contributed by atoms with Crippen molar-refractivity contribution in [2.75, 3.05) is 18.5 Å². The van der Waals surface area contributed by atoms with Gasteiger partial charge < -0.3 is 15.7 Å². The van der Waals surface area contributed by atoms with Crippen molar-refractivity contribution in [3.8, 4) is 0 Å². The summed E-state index contributed by atoms with van der Waals surface area (Å²) in [6.45, 7) is 2.18. The highest BCUT2D eigenvalue weighted by atomic mass is 16.3. The van der Waals surface area contributed by atoms with Crippen LogP contribution >= 0.6 is 0 Å². The number of fused-ring (bicyclic) bond motifs is 1. The summed E-state index contributed by atoms with van der Waals surface area (Å²) < 4.78 is 0. The van der Waals surface area contributed by atoms with Crippen LogP contribution in [0.2, 0.25) is 0 Å². The molecule has 0 aliphatic heterocycles. The van der Waals surface area contributed by atoms with Crippen LogP contribution in [0.1, 0.15) is 45.9 Å². The van der Waals surface area contributed by atoms with Crippen molar-refractivity contribution < 1.29 is 9.90 Å². The topological polar surface area (TPSA) is 61.4 Å². The van der Waals surface area contributed by atoms with Crippen LogP contribution in [0.15, 0.2) is 42.5 Å². The first-order valence-electron chi connectivity index (χ1n) is 8.53. The van der Waals surface area contributed by atoms with Crippen molar-refractivity contribution in [3.63, 3.8) is 0 Å². The third-order valence-corrected chi connectivity index (χ3v) is 4.67. The molecular formula is C20H24N2O2. The molecule has 1 aliphatic carbocycles. The number of rotatable bonds is 5. The maximum absolute atomic E-state index is 12.2. The van der Waals surface area contributed by atoms with Gasteiger partial charge in [0.2, 0.25) is 0 Å². The van der Waals surface area contributed by atoms with Gasteiger partial charge in [0.25, 0.3) is 5.91 Å². The summed E-state index contributed by atoms with van der Waals surface area (Å²) in [5.41, 5.74) is 5.36. The van der Waals surface area contributed by atoms with Crippen LogP contribution in [-0.4, -0.2) is 24.2 Å². The van der Waals surface area contributed by atoms with Gasteiger partial charge in [-0.2, -0.15) is 0 Å². The molecule has 0 spiro atoms. The largest absolute Gasteiger partial charge is 0.395 e. The first-order valence-corrected chi connectivity index (χ1v) is 8.53. The quantitative estimate of drug-likeness (QED) is 0.791. The van der Waals surface area contributed by atoms with E-state index in [-0.39, 0.29) is 25.1 Å². The molecule has 24 heavy (non-hydrogen) atoms. The number of nitrogens with one attached hydrogen (secondary N) is 2. The SMILES string of the molecule is Cc1c(NC2CCCc3ccccc32)cccc1C(=O)NCCO. The molecule has 4 heteroatoms. The number of carbonyl (C=O) groups excluding carboxylic acids is 1. The van der Waals surface area contributed by atoms with Crippen molar-refractivity contribution in [2.24, 2.45) is 0 Å². The van der Waals surface area contributed by atoms with E-state index in [1.165, 1.54) is 17.5 Å². The summed E-state index contributed by atoms with van der Waals surface area (Å²) in [7, 11) is 0. The molecule has 0 heterocycles. The van der Waals surface area contributed by atoms with E-state index in [4.69, 9.17) is 5.11 Å². The summed E-state index contributed by atoms with van der Waals surface area (Å²) in [5.74, 6) is -0.144. The number of aryl methyl sites for hydroxylation is 1. The molecule has 1 atom stereocenters. The Labute approximate surface area is 142 Å². The normalized spacial score (nSPS) is 16.3. The molecule has 0 saturated heterocycles. The van der Waals surface area contributed by atoms with Gasteiger partial charge in [-0.3, -0.25) is 4.79 Å². The van der Waals surface area contributed by atoms with E-state index in [0.717, 1.165) is 24.1 Å². The Kier molecular flexibility index (Phi) is 5.16. The van der Waals surface area contributed by atoms with E-state index < -0.39 is 0 Å². The molecule has 1 unspecified atom stereocenters. The fraction of sp³-hybridized carbons (Fsp3) is 0.350. The van der Waals surface area contributed by atoms with Gasteiger partial charge in [0, 0.05) is 17.8 Å². The van der Waals surface area contributed by atoms with Gasteiger partial charge in [0.05, 0.1) is 12.6 Å². The molecule has 3 N–H and O–H groups in total. The lowest BCUT2D eigenvalue weighted by molar-refractivity contribution is 0.0944. The highest BCUT2D eigenvalue weighted by molar-refractivity contribution is 5.97. The summed E-state index contributed by atoms with van der Waals surface area (Å²) in [6, 6.07) is 14.6. The summed E-state index contributed by atoms with van der Waals surface area (Å²) >= 11 is 0. The lowest BCUT2D eigenvalue weighted by Crippen LogP contribution is -2.27. The maximum Gasteiger partial charge on any atom is 0.251 e. The fourth-order valence-electron chi connectivity index (χ4n) is 3.39. The number of anilines is 1. The fourth-order valence-corrected chi connectivity index (χ4v) is 3.39. The van der Waals surface area contributed by atoms with Crippen LogP contribution in [0.4, 0.5) is 5.69 Å². The molecule has 2 aromatic rings. The Morgan fingerprint density at radius 1 is 1.21 bits per heavy atom. The zero-order valence-electron chi connectivity index (χ0n) is 14.0. The third-order valence-electron chi connectivity index (χ3n) is 4.67. The Bertz CT molecular complexity index is 727. The van der Waals surface area contributed by atoms with Crippen molar-refractivity contribution in [1.82, 2.24) is 5.32 Å². The van der Waals surface area contributed by atoms with E-state index in [9.17, 15) is 4.79 Å². The second-order valence-electron chi connectivity index (χ2n) is 6.25. The highest BCUT2D eigenvalue weighted by Gasteiger charge is 2.21.